The number of aliphatic imine (C=N–C) groups is 1. The number of aromatic nitrogens is 1. The average molecular weight is 551 g/mol. The van der Waals surface area contributed by atoms with Crippen molar-refractivity contribution in [1.82, 2.24) is 25.8 Å². The van der Waals surface area contributed by atoms with Crippen LogP contribution in [0.25, 0.3) is 0 Å². The summed E-state index contributed by atoms with van der Waals surface area (Å²) in [5, 5.41) is 9.41. The number of halogens is 1. The summed E-state index contributed by atoms with van der Waals surface area (Å²) in [6.07, 6.45) is 2.65. The Balaban J connectivity index is 0.00000363. The lowest BCUT2D eigenvalue weighted by Crippen LogP contribution is -2.45. The molecule has 1 saturated heterocycles. The number of hydrogen-bond acceptors (Lipinski definition) is 5. The van der Waals surface area contributed by atoms with E-state index in [0.29, 0.717) is 12.1 Å². The highest BCUT2D eigenvalue weighted by Crippen LogP contribution is 2.18. The van der Waals surface area contributed by atoms with Crippen LogP contribution in [0.2, 0.25) is 0 Å². The van der Waals surface area contributed by atoms with Crippen LogP contribution >= 0.6 is 24.0 Å². The van der Waals surface area contributed by atoms with Crippen LogP contribution in [0.5, 0.6) is 0 Å². The number of rotatable bonds is 7. The number of nitrogens with zero attached hydrogens (tertiary/aromatic N) is 4. The van der Waals surface area contributed by atoms with E-state index in [2.05, 4.69) is 48.8 Å². The van der Waals surface area contributed by atoms with E-state index in [9.17, 15) is 4.79 Å². The summed E-state index contributed by atoms with van der Waals surface area (Å²) in [7, 11) is 5.57. The molecule has 1 fully saturated rings. The molecule has 0 radical (unpaired) electrons. The topological polar surface area (TPSA) is 84.9 Å². The molecule has 2 heterocycles. The van der Waals surface area contributed by atoms with Gasteiger partial charge in [-0.3, -0.25) is 9.79 Å². The number of nitrogens with one attached hydrogen (secondary N) is 3. The van der Waals surface area contributed by atoms with Crippen LogP contribution in [-0.2, 0) is 13.0 Å². The first-order chi connectivity index (χ1) is 15.1. The molecule has 3 N–H and O–H groups in total. The fourth-order valence-electron chi connectivity index (χ4n) is 3.61. The molecule has 1 aromatic carbocycles. The number of anilines is 1. The Kier molecular flexibility index (Phi) is 10.7. The highest BCUT2D eigenvalue weighted by molar-refractivity contribution is 14.0. The molecule has 0 unspecified atom stereocenters. The summed E-state index contributed by atoms with van der Waals surface area (Å²) >= 11 is 0. The van der Waals surface area contributed by atoms with Crippen molar-refractivity contribution in [2.24, 2.45) is 4.99 Å². The molecule has 0 bridgehead atoms. The van der Waals surface area contributed by atoms with Crippen molar-refractivity contribution in [3.8, 4) is 0 Å². The van der Waals surface area contributed by atoms with E-state index >= 15 is 0 Å². The van der Waals surface area contributed by atoms with Gasteiger partial charge in [-0.25, -0.2) is 4.98 Å². The normalized spacial score (nSPS) is 14.5. The number of carbonyl (C=O) groups is 1. The fourth-order valence-corrected chi connectivity index (χ4v) is 3.61. The minimum Gasteiger partial charge on any atom is -0.356 e. The van der Waals surface area contributed by atoms with Crippen LogP contribution in [0.3, 0.4) is 0 Å². The van der Waals surface area contributed by atoms with Crippen LogP contribution in [0.15, 0.2) is 47.6 Å². The lowest BCUT2D eigenvalue weighted by atomic mass is 10.1. The summed E-state index contributed by atoms with van der Waals surface area (Å²) < 4.78 is 0. The fraction of sp³-hybridized carbons (Fsp3) is 0.435. The van der Waals surface area contributed by atoms with Gasteiger partial charge in [0.15, 0.2) is 5.96 Å². The molecule has 174 valence electrons. The van der Waals surface area contributed by atoms with E-state index in [1.165, 1.54) is 0 Å². The molecule has 0 saturated carbocycles. The molecule has 3 rings (SSSR count). The summed E-state index contributed by atoms with van der Waals surface area (Å²) in [4.78, 5) is 25.5. The Bertz CT molecular complexity index is 897. The van der Waals surface area contributed by atoms with E-state index in [1.807, 2.05) is 36.5 Å². The van der Waals surface area contributed by atoms with Crippen LogP contribution in [-0.4, -0.2) is 75.6 Å². The molecule has 32 heavy (non-hydrogen) atoms. The van der Waals surface area contributed by atoms with Crippen molar-refractivity contribution in [1.29, 1.82) is 0 Å². The number of likely N-dealkylation sites (N-methyl/N-ethyl adjacent to an activating group) is 1. The van der Waals surface area contributed by atoms with Crippen molar-refractivity contribution in [3.05, 3.63) is 59.3 Å². The maximum Gasteiger partial charge on any atom is 0.251 e. The molecule has 0 aliphatic carbocycles. The number of hydrogen-bond donors (Lipinski definition) is 3. The number of piperazine rings is 1. The van der Waals surface area contributed by atoms with Gasteiger partial charge in [0.1, 0.15) is 5.82 Å². The Morgan fingerprint density at radius 2 is 1.91 bits per heavy atom. The molecular weight excluding hydrogens is 517 g/mol. The third kappa shape index (κ3) is 7.33. The zero-order chi connectivity index (χ0) is 22.1. The smallest absolute Gasteiger partial charge is 0.251 e. The third-order valence-electron chi connectivity index (χ3n) is 5.46. The third-order valence-corrected chi connectivity index (χ3v) is 5.46. The monoisotopic (exact) mass is 551 g/mol. The van der Waals surface area contributed by atoms with E-state index in [4.69, 9.17) is 0 Å². The predicted molar refractivity (Wildman–Crippen MR) is 141 cm³/mol. The zero-order valence-electron chi connectivity index (χ0n) is 19.1. The molecule has 2 aromatic rings. The SMILES string of the molecule is CN=C(NCCc1cccc(C(=O)NC)c1)NCc1cccnc1N1CCN(C)CC1.I. The minimum absolute atomic E-state index is 0. The van der Waals surface area contributed by atoms with E-state index in [1.54, 1.807) is 14.1 Å². The lowest BCUT2D eigenvalue weighted by molar-refractivity contribution is 0.0963. The van der Waals surface area contributed by atoms with Crippen molar-refractivity contribution < 1.29 is 4.79 Å². The highest BCUT2D eigenvalue weighted by atomic mass is 127. The van der Waals surface area contributed by atoms with Gasteiger partial charge in [0.05, 0.1) is 0 Å². The summed E-state index contributed by atoms with van der Waals surface area (Å²) in [6, 6.07) is 11.8. The highest BCUT2D eigenvalue weighted by Gasteiger charge is 2.18. The molecular formula is C23H34IN7O. The number of pyridine rings is 1. The first-order valence-corrected chi connectivity index (χ1v) is 10.7. The molecule has 9 heteroatoms. The van der Waals surface area contributed by atoms with Crippen LogP contribution < -0.4 is 20.9 Å². The number of carbonyl (C=O) groups excluding carboxylic acids is 1. The first-order valence-electron chi connectivity index (χ1n) is 10.7. The molecule has 0 atom stereocenters. The second-order valence-corrected chi connectivity index (χ2v) is 7.66. The van der Waals surface area contributed by atoms with Crippen LogP contribution in [0.4, 0.5) is 5.82 Å². The molecule has 1 amide bonds. The zero-order valence-corrected chi connectivity index (χ0v) is 21.4. The number of amides is 1. The maximum absolute atomic E-state index is 11.8. The van der Waals surface area contributed by atoms with Gasteiger partial charge >= 0.3 is 0 Å². The minimum atomic E-state index is -0.0695. The summed E-state index contributed by atoms with van der Waals surface area (Å²) in [6.45, 7) is 5.45. The van der Waals surface area contributed by atoms with Crippen LogP contribution in [0, 0.1) is 0 Å². The van der Waals surface area contributed by atoms with E-state index in [0.717, 1.165) is 62.0 Å². The van der Waals surface area contributed by atoms with Gasteiger partial charge < -0.3 is 25.8 Å². The average Bonchev–Trinajstić information content (AvgIpc) is 2.81. The van der Waals surface area contributed by atoms with Crippen molar-refractivity contribution in [2.45, 2.75) is 13.0 Å². The molecule has 1 aliphatic heterocycles. The second kappa shape index (κ2) is 13.2. The largest absolute Gasteiger partial charge is 0.356 e. The maximum atomic E-state index is 11.8. The quantitative estimate of drug-likeness (QED) is 0.276. The first kappa shape index (κ1) is 25.9. The standard InChI is InChI=1S/C23H33N7O.HI/c1-24-22(31)19-7-4-6-18(16-19)9-11-27-23(25-2)28-17-20-8-5-10-26-21(20)30-14-12-29(3)13-15-30;/h4-8,10,16H,9,11-15,17H2,1-3H3,(H,24,31)(H2,25,27,28);1H. The van der Waals surface area contributed by atoms with Crippen LogP contribution in [0.1, 0.15) is 21.5 Å². The second-order valence-electron chi connectivity index (χ2n) is 7.66. The van der Waals surface area contributed by atoms with Crippen molar-refractivity contribution in [3.63, 3.8) is 0 Å². The van der Waals surface area contributed by atoms with Gasteiger partial charge in [-0.2, -0.15) is 0 Å². The number of guanidine groups is 1. The Labute approximate surface area is 207 Å². The van der Waals surface area contributed by atoms with Gasteiger partial charge in [-0.05, 0) is 37.2 Å². The van der Waals surface area contributed by atoms with E-state index in [-0.39, 0.29) is 29.9 Å². The Hall–Kier alpha value is -2.40. The Morgan fingerprint density at radius 3 is 2.62 bits per heavy atom. The molecule has 1 aromatic heterocycles. The number of benzene rings is 1. The van der Waals surface area contributed by atoms with Crippen molar-refractivity contribution in [2.75, 3.05) is 58.8 Å². The molecule has 1 aliphatic rings. The predicted octanol–water partition coefficient (Wildman–Crippen LogP) is 1.72. The van der Waals surface area contributed by atoms with Gasteiger partial charge in [0, 0.05) is 70.7 Å². The molecule has 8 nitrogen and oxygen atoms in total. The Morgan fingerprint density at radius 1 is 1.12 bits per heavy atom. The van der Waals surface area contributed by atoms with Gasteiger partial charge in [0.2, 0.25) is 0 Å². The van der Waals surface area contributed by atoms with E-state index < -0.39 is 0 Å². The summed E-state index contributed by atoms with van der Waals surface area (Å²) in [5.41, 5.74) is 2.94. The van der Waals surface area contributed by atoms with Gasteiger partial charge in [-0.1, -0.05) is 18.2 Å². The van der Waals surface area contributed by atoms with Crippen molar-refractivity contribution >= 4 is 41.7 Å². The van der Waals surface area contributed by atoms with Gasteiger partial charge in [0.25, 0.3) is 5.91 Å². The molecule has 0 spiro atoms. The lowest BCUT2D eigenvalue weighted by Gasteiger charge is -2.34. The summed E-state index contributed by atoms with van der Waals surface area (Å²) in [5.74, 6) is 1.72. The van der Waals surface area contributed by atoms with Gasteiger partial charge in [-0.15, -0.1) is 24.0 Å².